The smallest absolute Gasteiger partial charge is 0.239 e. The Balaban J connectivity index is 2.30. The van der Waals surface area contributed by atoms with Crippen LogP contribution in [-0.2, 0) is 16.0 Å². The molecule has 1 rings (SSSR count). The summed E-state index contributed by atoms with van der Waals surface area (Å²) in [6.07, 6.45) is 2.01. The lowest BCUT2D eigenvalue weighted by Gasteiger charge is -2.10. The van der Waals surface area contributed by atoms with Gasteiger partial charge in [0.15, 0.2) is 11.5 Å². The van der Waals surface area contributed by atoms with Gasteiger partial charge in [-0.1, -0.05) is 13.0 Å². The van der Waals surface area contributed by atoms with Gasteiger partial charge in [0.2, 0.25) is 11.8 Å². The number of aryl methyl sites for hydroxylation is 1. The standard InChI is InChI=1S/C16H24N2O4/c1-4-15(19)18-11-16(20)17-9-5-6-12-7-8-13(21-2)14(10-12)22-3/h7-8,10H,4-6,9,11H2,1-3H3,(H,17,20)(H,18,19). The quantitative estimate of drug-likeness (QED) is 0.674. The Morgan fingerprint density at radius 1 is 1.05 bits per heavy atom. The van der Waals surface area contributed by atoms with Crippen LogP contribution in [0.25, 0.3) is 0 Å². The Morgan fingerprint density at radius 3 is 2.41 bits per heavy atom. The first kappa shape index (κ1) is 17.8. The van der Waals surface area contributed by atoms with Crippen molar-refractivity contribution in [3.63, 3.8) is 0 Å². The van der Waals surface area contributed by atoms with Crippen LogP contribution < -0.4 is 20.1 Å². The van der Waals surface area contributed by atoms with Crippen molar-refractivity contribution in [3.05, 3.63) is 23.8 Å². The molecule has 0 saturated carbocycles. The molecular formula is C16H24N2O4. The Kier molecular flexibility index (Phi) is 7.81. The fourth-order valence-corrected chi connectivity index (χ4v) is 1.92. The largest absolute Gasteiger partial charge is 0.493 e. The van der Waals surface area contributed by atoms with Crippen LogP contribution in [0.5, 0.6) is 11.5 Å². The summed E-state index contributed by atoms with van der Waals surface area (Å²) >= 11 is 0. The van der Waals surface area contributed by atoms with Crippen molar-refractivity contribution < 1.29 is 19.1 Å². The van der Waals surface area contributed by atoms with Crippen molar-refractivity contribution in [2.24, 2.45) is 0 Å². The zero-order valence-corrected chi connectivity index (χ0v) is 13.4. The van der Waals surface area contributed by atoms with E-state index in [1.165, 1.54) is 0 Å². The summed E-state index contributed by atoms with van der Waals surface area (Å²) in [5.41, 5.74) is 1.12. The molecule has 0 spiro atoms. The molecule has 0 atom stereocenters. The highest BCUT2D eigenvalue weighted by Crippen LogP contribution is 2.27. The molecule has 0 fully saturated rings. The van der Waals surface area contributed by atoms with Gasteiger partial charge in [0.1, 0.15) is 0 Å². The third kappa shape index (κ3) is 6.03. The maximum absolute atomic E-state index is 11.5. The van der Waals surface area contributed by atoms with E-state index < -0.39 is 0 Å². The summed E-state index contributed by atoms with van der Waals surface area (Å²) in [4.78, 5) is 22.5. The minimum atomic E-state index is -0.172. The van der Waals surface area contributed by atoms with E-state index in [-0.39, 0.29) is 18.4 Å². The minimum absolute atomic E-state index is 0.0308. The summed E-state index contributed by atoms with van der Waals surface area (Å²) in [5.74, 6) is 1.10. The lowest BCUT2D eigenvalue weighted by Crippen LogP contribution is -2.37. The van der Waals surface area contributed by atoms with Crippen LogP contribution in [0.2, 0.25) is 0 Å². The van der Waals surface area contributed by atoms with Gasteiger partial charge in [-0.25, -0.2) is 0 Å². The second kappa shape index (κ2) is 9.65. The van der Waals surface area contributed by atoms with Crippen LogP contribution in [0.4, 0.5) is 0 Å². The zero-order chi connectivity index (χ0) is 16.4. The molecule has 0 aliphatic carbocycles. The number of methoxy groups -OCH3 is 2. The molecule has 0 saturated heterocycles. The Bertz CT molecular complexity index is 503. The predicted molar refractivity (Wildman–Crippen MR) is 84.2 cm³/mol. The van der Waals surface area contributed by atoms with Gasteiger partial charge in [-0.05, 0) is 30.5 Å². The third-order valence-electron chi connectivity index (χ3n) is 3.18. The molecule has 2 amide bonds. The van der Waals surface area contributed by atoms with Crippen LogP contribution in [-0.4, -0.2) is 39.1 Å². The molecule has 122 valence electrons. The number of carbonyl (C=O) groups is 2. The van der Waals surface area contributed by atoms with E-state index in [4.69, 9.17) is 9.47 Å². The Morgan fingerprint density at radius 2 is 1.77 bits per heavy atom. The van der Waals surface area contributed by atoms with Gasteiger partial charge in [0.25, 0.3) is 0 Å². The molecule has 22 heavy (non-hydrogen) atoms. The first-order valence-corrected chi connectivity index (χ1v) is 7.35. The summed E-state index contributed by atoms with van der Waals surface area (Å²) in [6.45, 7) is 2.34. The molecule has 0 radical (unpaired) electrons. The maximum atomic E-state index is 11.5. The van der Waals surface area contributed by atoms with E-state index in [0.717, 1.165) is 18.4 Å². The molecule has 6 heteroatoms. The molecule has 6 nitrogen and oxygen atoms in total. The van der Waals surface area contributed by atoms with Crippen LogP contribution in [0.15, 0.2) is 18.2 Å². The van der Waals surface area contributed by atoms with Crippen LogP contribution >= 0.6 is 0 Å². The highest BCUT2D eigenvalue weighted by atomic mass is 16.5. The Hall–Kier alpha value is -2.24. The van der Waals surface area contributed by atoms with Crippen molar-refractivity contribution >= 4 is 11.8 Å². The van der Waals surface area contributed by atoms with Crippen molar-refractivity contribution in [2.45, 2.75) is 26.2 Å². The number of benzene rings is 1. The van der Waals surface area contributed by atoms with Crippen molar-refractivity contribution in [1.82, 2.24) is 10.6 Å². The molecular weight excluding hydrogens is 284 g/mol. The Labute approximate surface area is 131 Å². The summed E-state index contributed by atoms with van der Waals surface area (Å²) < 4.78 is 10.4. The zero-order valence-electron chi connectivity index (χ0n) is 13.4. The van der Waals surface area contributed by atoms with Crippen molar-refractivity contribution in [2.75, 3.05) is 27.3 Å². The predicted octanol–water partition coefficient (Wildman–Crippen LogP) is 1.28. The van der Waals surface area contributed by atoms with Gasteiger partial charge in [-0.3, -0.25) is 9.59 Å². The SMILES string of the molecule is CCC(=O)NCC(=O)NCCCc1ccc(OC)c(OC)c1. The molecule has 0 aliphatic rings. The van der Waals surface area contributed by atoms with Gasteiger partial charge in [-0.2, -0.15) is 0 Å². The highest BCUT2D eigenvalue weighted by Gasteiger charge is 2.05. The van der Waals surface area contributed by atoms with Gasteiger partial charge in [-0.15, -0.1) is 0 Å². The van der Waals surface area contributed by atoms with Crippen LogP contribution in [0.1, 0.15) is 25.3 Å². The van der Waals surface area contributed by atoms with Gasteiger partial charge >= 0.3 is 0 Å². The molecule has 1 aromatic rings. The lowest BCUT2D eigenvalue weighted by atomic mass is 10.1. The molecule has 0 heterocycles. The number of hydrogen-bond acceptors (Lipinski definition) is 4. The average molecular weight is 308 g/mol. The first-order chi connectivity index (χ1) is 10.6. The molecule has 0 unspecified atom stereocenters. The number of nitrogens with one attached hydrogen (secondary N) is 2. The third-order valence-corrected chi connectivity index (χ3v) is 3.18. The monoisotopic (exact) mass is 308 g/mol. The van der Waals surface area contributed by atoms with Gasteiger partial charge in [0, 0.05) is 13.0 Å². The maximum Gasteiger partial charge on any atom is 0.239 e. The normalized spacial score (nSPS) is 9.95. The summed E-state index contributed by atoms with van der Waals surface area (Å²) in [5, 5.41) is 5.31. The van der Waals surface area contributed by atoms with E-state index in [1.807, 2.05) is 18.2 Å². The number of ether oxygens (including phenoxy) is 2. The van der Waals surface area contributed by atoms with E-state index in [0.29, 0.717) is 24.5 Å². The van der Waals surface area contributed by atoms with E-state index >= 15 is 0 Å². The van der Waals surface area contributed by atoms with E-state index in [9.17, 15) is 9.59 Å². The number of hydrogen-bond donors (Lipinski definition) is 2. The summed E-state index contributed by atoms with van der Waals surface area (Å²) in [7, 11) is 3.21. The van der Waals surface area contributed by atoms with Crippen LogP contribution in [0, 0.1) is 0 Å². The number of carbonyl (C=O) groups excluding carboxylic acids is 2. The van der Waals surface area contributed by atoms with E-state index in [1.54, 1.807) is 21.1 Å². The van der Waals surface area contributed by atoms with Crippen LogP contribution in [0.3, 0.4) is 0 Å². The fourth-order valence-electron chi connectivity index (χ4n) is 1.92. The number of amides is 2. The second-order valence-corrected chi connectivity index (χ2v) is 4.77. The van der Waals surface area contributed by atoms with Gasteiger partial charge in [0.05, 0.1) is 20.8 Å². The van der Waals surface area contributed by atoms with Crippen molar-refractivity contribution in [1.29, 1.82) is 0 Å². The molecule has 1 aromatic carbocycles. The number of rotatable bonds is 9. The van der Waals surface area contributed by atoms with Crippen molar-refractivity contribution in [3.8, 4) is 11.5 Å². The topological polar surface area (TPSA) is 76.7 Å². The summed E-state index contributed by atoms with van der Waals surface area (Å²) in [6, 6.07) is 5.78. The lowest BCUT2D eigenvalue weighted by molar-refractivity contribution is -0.125. The second-order valence-electron chi connectivity index (χ2n) is 4.77. The van der Waals surface area contributed by atoms with Gasteiger partial charge < -0.3 is 20.1 Å². The fraction of sp³-hybridized carbons (Fsp3) is 0.500. The molecule has 0 aliphatic heterocycles. The molecule has 2 N–H and O–H groups in total. The average Bonchev–Trinajstić information content (AvgIpc) is 2.56. The first-order valence-electron chi connectivity index (χ1n) is 7.35. The molecule has 0 aromatic heterocycles. The molecule has 0 bridgehead atoms. The minimum Gasteiger partial charge on any atom is -0.493 e. The highest BCUT2D eigenvalue weighted by molar-refractivity contribution is 5.84. The van der Waals surface area contributed by atoms with E-state index in [2.05, 4.69) is 10.6 Å².